The maximum Gasteiger partial charge on any atom is 0.426 e. The van der Waals surface area contributed by atoms with Crippen LogP contribution in [0.5, 0.6) is 0 Å². The predicted octanol–water partition coefficient (Wildman–Crippen LogP) is 3.95. The van der Waals surface area contributed by atoms with E-state index in [0.717, 1.165) is 0 Å². The standard InChI is InChI=1S/C8H9F8O/c1-4(2)3-17-8(15,16)7(13,14)6(11,12)5(9)10/h4H,3H2,1-2H3. The van der Waals surface area contributed by atoms with Gasteiger partial charge in [-0.3, -0.25) is 0 Å². The highest BCUT2D eigenvalue weighted by Crippen LogP contribution is 2.51. The first kappa shape index (κ1) is 16.4. The summed E-state index contributed by atoms with van der Waals surface area (Å²) in [7, 11) is 0. The number of rotatable bonds is 6. The van der Waals surface area contributed by atoms with Gasteiger partial charge in [0.15, 0.2) is 0 Å². The predicted molar refractivity (Wildman–Crippen MR) is 41.1 cm³/mol. The van der Waals surface area contributed by atoms with Crippen LogP contribution in [0.15, 0.2) is 0 Å². The molecule has 17 heavy (non-hydrogen) atoms. The van der Waals surface area contributed by atoms with E-state index in [1.165, 1.54) is 13.8 Å². The minimum atomic E-state index is -6.33. The molecule has 0 N–H and O–H groups in total. The van der Waals surface area contributed by atoms with Crippen molar-refractivity contribution in [2.45, 2.75) is 31.8 Å². The van der Waals surface area contributed by atoms with Gasteiger partial charge in [-0.25, -0.2) is 0 Å². The van der Waals surface area contributed by atoms with Crippen LogP contribution in [0.1, 0.15) is 13.8 Å². The lowest BCUT2D eigenvalue weighted by molar-refractivity contribution is -0.403. The first-order valence-corrected chi connectivity index (χ1v) is 4.32. The van der Waals surface area contributed by atoms with Gasteiger partial charge in [0.25, 0.3) is 0 Å². The fourth-order valence-electron chi connectivity index (χ4n) is 0.663. The summed E-state index contributed by atoms with van der Waals surface area (Å²) in [6.45, 7) is 1.59. The molecule has 0 aliphatic rings. The van der Waals surface area contributed by atoms with Crippen LogP contribution in [0.2, 0.25) is 0 Å². The molecule has 0 heterocycles. The number of halogens is 8. The molecule has 1 radical (unpaired) electrons. The van der Waals surface area contributed by atoms with Crippen molar-refractivity contribution >= 4 is 0 Å². The Morgan fingerprint density at radius 1 is 1.00 bits per heavy atom. The van der Waals surface area contributed by atoms with Crippen molar-refractivity contribution in [2.24, 2.45) is 5.92 Å². The summed E-state index contributed by atoms with van der Waals surface area (Å²) in [6, 6.07) is 0. The zero-order chi connectivity index (χ0) is 14.1. The Bertz CT molecular complexity index is 250. The molecule has 0 saturated carbocycles. The average Bonchev–Trinajstić information content (AvgIpc) is 2.14. The first-order valence-electron chi connectivity index (χ1n) is 4.32. The van der Waals surface area contributed by atoms with Gasteiger partial charge in [0.05, 0.1) is 6.61 Å². The molecular weight excluding hydrogens is 264 g/mol. The summed E-state index contributed by atoms with van der Waals surface area (Å²) in [6.07, 6.45) is -9.79. The van der Waals surface area contributed by atoms with Crippen molar-refractivity contribution in [1.82, 2.24) is 0 Å². The quantitative estimate of drug-likeness (QED) is 0.666. The number of hydrogen-bond acceptors (Lipinski definition) is 1. The van der Waals surface area contributed by atoms with E-state index in [2.05, 4.69) is 4.74 Å². The summed E-state index contributed by atoms with van der Waals surface area (Å²) in [4.78, 5) is 0. The molecule has 0 saturated heterocycles. The second kappa shape index (κ2) is 4.95. The third-order valence-corrected chi connectivity index (χ3v) is 1.60. The molecule has 0 aliphatic heterocycles. The highest BCUT2D eigenvalue weighted by Gasteiger charge is 2.77. The normalized spacial score (nSPS) is 14.8. The van der Waals surface area contributed by atoms with Gasteiger partial charge in [-0.2, -0.15) is 35.1 Å². The Hall–Kier alpha value is -0.600. The van der Waals surface area contributed by atoms with Crippen molar-refractivity contribution in [2.75, 3.05) is 6.61 Å². The van der Waals surface area contributed by atoms with Crippen LogP contribution in [0.25, 0.3) is 0 Å². The van der Waals surface area contributed by atoms with Gasteiger partial charge in [-0.15, -0.1) is 0 Å². The third kappa shape index (κ3) is 3.20. The van der Waals surface area contributed by atoms with Crippen molar-refractivity contribution in [1.29, 1.82) is 0 Å². The fraction of sp³-hybridized carbons (Fsp3) is 0.875. The lowest BCUT2D eigenvalue weighted by atomic mass is 10.1. The van der Waals surface area contributed by atoms with Crippen LogP contribution in [-0.2, 0) is 4.74 Å². The van der Waals surface area contributed by atoms with Gasteiger partial charge in [0, 0.05) is 0 Å². The van der Waals surface area contributed by atoms with Crippen LogP contribution >= 0.6 is 0 Å². The second-order valence-electron chi connectivity index (χ2n) is 3.63. The molecule has 0 aromatic carbocycles. The maximum atomic E-state index is 12.6. The van der Waals surface area contributed by atoms with Gasteiger partial charge in [-0.05, 0) is 5.92 Å². The zero-order valence-electron chi connectivity index (χ0n) is 8.72. The molecule has 103 valence electrons. The molecule has 0 aliphatic carbocycles. The maximum absolute atomic E-state index is 12.6. The molecule has 0 amide bonds. The summed E-state index contributed by atoms with van der Waals surface area (Å²) in [5, 5.41) is 0. The largest absolute Gasteiger partial charge is 0.426 e. The molecule has 9 heteroatoms. The molecule has 0 spiro atoms. The molecule has 0 fully saturated rings. The van der Waals surface area contributed by atoms with Crippen molar-refractivity contribution in [3.05, 3.63) is 6.43 Å². The van der Waals surface area contributed by atoms with Crippen LogP contribution in [0.3, 0.4) is 0 Å². The van der Waals surface area contributed by atoms with Crippen molar-refractivity contribution in [3.63, 3.8) is 0 Å². The van der Waals surface area contributed by atoms with Crippen LogP contribution in [0.4, 0.5) is 35.1 Å². The van der Waals surface area contributed by atoms with Gasteiger partial charge >= 0.3 is 24.4 Å². The summed E-state index contributed by atoms with van der Waals surface area (Å²) < 4.78 is 101. The second-order valence-corrected chi connectivity index (χ2v) is 3.63. The van der Waals surface area contributed by atoms with E-state index >= 15 is 0 Å². The van der Waals surface area contributed by atoms with E-state index in [4.69, 9.17) is 0 Å². The highest BCUT2D eigenvalue weighted by atomic mass is 19.4. The van der Waals surface area contributed by atoms with Crippen molar-refractivity contribution in [3.8, 4) is 0 Å². The molecule has 0 bridgehead atoms. The van der Waals surface area contributed by atoms with E-state index in [0.29, 0.717) is 0 Å². The van der Waals surface area contributed by atoms with E-state index in [1.807, 2.05) is 0 Å². The van der Waals surface area contributed by atoms with Crippen LogP contribution in [-0.4, -0.2) is 24.6 Å². The van der Waals surface area contributed by atoms with E-state index < -0.39 is 36.9 Å². The Labute approximate surface area is 91.7 Å². The minimum absolute atomic E-state index is 0.662. The molecule has 0 unspecified atom stereocenters. The highest BCUT2D eigenvalue weighted by molar-refractivity contribution is 5.00. The smallest absolute Gasteiger partial charge is 0.315 e. The van der Waals surface area contributed by atoms with Crippen molar-refractivity contribution < 1.29 is 39.9 Å². The SMILES string of the molecule is CC(C)COC(F)(F)C(F)(F)C(F)(F)[C](F)F. The van der Waals surface area contributed by atoms with Gasteiger partial charge in [-0.1, -0.05) is 13.8 Å². The van der Waals surface area contributed by atoms with Gasteiger partial charge < -0.3 is 4.74 Å². The zero-order valence-corrected chi connectivity index (χ0v) is 8.72. The molecule has 0 aromatic rings. The lowest BCUT2D eigenvalue weighted by Crippen LogP contribution is -2.56. The Morgan fingerprint density at radius 3 is 1.71 bits per heavy atom. The molecular formula is C8H9F8O. The van der Waals surface area contributed by atoms with Crippen LogP contribution in [0, 0.1) is 12.3 Å². The van der Waals surface area contributed by atoms with E-state index in [9.17, 15) is 35.1 Å². The number of hydrogen-bond donors (Lipinski definition) is 0. The summed E-state index contributed by atoms with van der Waals surface area (Å²) in [5.41, 5.74) is 0. The fourth-order valence-corrected chi connectivity index (χ4v) is 0.663. The van der Waals surface area contributed by atoms with Crippen LogP contribution < -0.4 is 0 Å². The Morgan fingerprint density at radius 2 is 1.41 bits per heavy atom. The molecule has 0 atom stereocenters. The third-order valence-electron chi connectivity index (χ3n) is 1.60. The number of ether oxygens (including phenoxy) is 1. The molecule has 0 rings (SSSR count). The number of alkyl halides is 6. The van der Waals surface area contributed by atoms with E-state index in [1.54, 1.807) is 0 Å². The molecule has 0 aromatic heterocycles. The summed E-state index contributed by atoms with van der Waals surface area (Å²) >= 11 is 0. The molecule has 1 nitrogen and oxygen atoms in total. The average molecular weight is 273 g/mol. The monoisotopic (exact) mass is 273 g/mol. The Kier molecular flexibility index (Phi) is 4.77. The topological polar surface area (TPSA) is 9.23 Å². The lowest BCUT2D eigenvalue weighted by Gasteiger charge is -2.31. The van der Waals surface area contributed by atoms with E-state index in [-0.39, 0.29) is 0 Å². The first-order chi connectivity index (χ1) is 7.36. The van der Waals surface area contributed by atoms with Gasteiger partial charge in [0.2, 0.25) is 0 Å². The van der Waals surface area contributed by atoms with Gasteiger partial charge in [0.1, 0.15) is 0 Å². The minimum Gasteiger partial charge on any atom is -0.315 e. The Balaban J connectivity index is 5.01. The summed E-state index contributed by atoms with van der Waals surface area (Å²) in [5.74, 6) is -13.2.